The van der Waals surface area contributed by atoms with Gasteiger partial charge in [0.25, 0.3) is 5.91 Å². The van der Waals surface area contributed by atoms with Crippen LogP contribution in [-0.2, 0) is 14.8 Å². The van der Waals surface area contributed by atoms with E-state index in [4.69, 9.17) is 4.74 Å². The fourth-order valence-corrected chi connectivity index (χ4v) is 6.29. The highest BCUT2D eigenvalue weighted by atomic mass is 32.2. The highest BCUT2D eigenvalue weighted by molar-refractivity contribution is 7.89. The normalized spacial score (nSPS) is 20.0. The van der Waals surface area contributed by atoms with E-state index in [-0.39, 0.29) is 15.7 Å². The smallest absolute Gasteiger partial charge is 0.262 e. The van der Waals surface area contributed by atoms with Crippen LogP contribution in [0, 0.1) is 5.92 Å². The summed E-state index contributed by atoms with van der Waals surface area (Å²) in [5.74, 6) is 0.518. The lowest BCUT2D eigenvalue weighted by atomic mass is 10.0. The molecule has 25 heavy (non-hydrogen) atoms. The van der Waals surface area contributed by atoms with Gasteiger partial charge in [-0.25, -0.2) is 8.42 Å². The van der Waals surface area contributed by atoms with Gasteiger partial charge in [-0.15, -0.1) is 11.3 Å². The van der Waals surface area contributed by atoms with Crippen molar-refractivity contribution in [2.75, 3.05) is 32.8 Å². The third kappa shape index (κ3) is 4.61. The lowest BCUT2D eigenvalue weighted by Crippen LogP contribution is -2.41. The number of amides is 1. The van der Waals surface area contributed by atoms with Gasteiger partial charge in [0.05, 0.1) is 13.2 Å². The van der Waals surface area contributed by atoms with Crippen molar-refractivity contribution in [2.45, 2.75) is 43.4 Å². The summed E-state index contributed by atoms with van der Waals surface area (Å²) >= 11 is 1.18. The fraction of sp³-hybridized carbons (Fsp3) is 0.706. The molecular weight excluding hydrogens is 360 g/mol. The minimum Gasteiger partial charge on any atom is -0.379 e. The predicted octanol–water partition coefficient (Wildman–Crippen LogP) is 2.47. The van der Waals surface area contributed by atoms with Crippen LogP contribution in [0.2, 0.25) is 0 Å². The van der Waals surface area contributed by atoms with Gasteiger partial charge in [-0.2, -0.15) is 4.31 Å². The molecule has 1 aromatic rings. The monoisotopic (exact) mass is 386 g/mol. The zero-order valence-electron chi connectivity index (χ0n) is 14.4. The molecule has 1 aromatic heterocycles. The number of morpholine rings is 1. The first-order chi connectivity index (χ1) is 12.1. The Morgan fingerprint density at radius 1 is 1.28 bits per heavy atom. The minimum absolute atomic E-state index is 0.118. The molecule has 3 rings (SSSR count). The molecule has 0 radical (unpaired) electrons. The number of nitrogens with one attached hydrogen (secondary N) is 1. The number of hydrogen-bond donors (Lipinski definition) is 1. The Balaban J connectivity index is 1.57. The average molecular weight is 387 g/mol. The molecule has 0 spiro atoms. The molecule has 1 aliphatic heterocycles. The maximum absolute atomic E-state index is 12.8. The molecule has 2 fully saturated rings. The molecule has 0 unspecified atom stereocenters. The standard InChI is InChI=1S/C17H26N2O4S2/c20-17(18-8-3-6-14-4-1-2-5-14)16-15(7-13-24-16)25(21,22)19-9-11-23-12-10-19/h7,13-14H,1-6,8-12H2,(H,18,20). The van der Waals surface area contributed by atoms with Crippen LogP contribution < -0.4 is 5.32 Å². The Labute approximate surface area is 153 Å². The fourth-order valence-electron chi connectivity index (χ4n) is 3.56. The second-order valence-corrected chi connectivity index (χ2v) is 9.50. The van der Waals surface area contributed by atoms with Crippen molar-refractivity contribution in [2.24, 2.45) is 5.92 Å². The van der Waals surface area contributed by atoms with Gasteiger partial charge in [0.1, 0.15) is 9.77 Å². The first kappa shape index (κ1) is 18.8. The van der Waals surface area contributed by atoms with E-state index in [0.717, 1.165) is 18.8 Å². The highest BCUT2D eigenvalue weighted by Crippen LogP contribution is 2.28. The molecule has 140 valence electrons. The number of nitrogens with zero attached hydrogens (tertiary/aromatic N) is 1. The third-order valence-corrected chi connectivity index (χ3v) is 7.96. The molecule has 0 bridgehead atoms. The number of rotatable bonds is 7. The van der Waals surface area contributed by atoms with Gasteiger partial charge in [-0.3, -0.25) is 4.79 Å². The van der Waals surface area contributed by atoms with E-state index >= 15 is 0 Å². The summed E-state index contributed by atoms with van der Waals surface area (Å²) in [6, 6.07) is 1.53. The maximum atomic E-state index is 12.8. The van der Waals surface area contributed by atoms with Crippen LogP contribution >= 0.6 is 11.3 Å². The Morgan fingerprint density at radius 3 is 2.72 bits per heavy atom. The molecule has 0 atom stereocenters. The van der Waals surface area contributed by atoms with E-state index in [1.165, 1.54) is 47.4 Å². The van der Waals surface area contributed by atoms with Crippen LogP contribution in [0.4, 0.5) is 0 Å². The van der Waals surface area contributed by atoms with E-state index in [9.17, 15) is 13.2 Å². The second kappa shape index (κ2) is 8.62. The van der Waals surface area contributed by atoms with Gasteiger partial charge in [0, 0.05) is 19.6 Å². The summed E-state index contributed by atoms with van der Waals surface area (Å²) in [5.41, 5.74) is 0. The average Bonchev–Trinajstić information content (AvgIpc) is 3.31. The van der Waals surface area contributed by atoms with Crippen LogP contribution in [0.15, 0.2) is 16.3 Å². The van der Waals surface area contributed by atoms with Gasteiger partial charge >= 0.3 is 0 Å². The summed E-state index contributed by atoms with van der Waals surface area (Å²) < 4.78 is 32.2. The van der Waals surface area contributed by atoms with Crippen molar-refractivity contribution in [3.8, 4) is 0 Å². The third-order valence-electron chi connectivity index (χ3n) is 4.97. The van der Waals surface area contributed by atoms with E-state index in [0.29, 0.717) is 32.8 Å². The van der Waals surface area contributed by atoms with E-state index in [2.05, 4.69) is 5.32 Å². The molecule has 1 aliphatic carbocycles. The van der Waals surface area contributed by atoms with Crippen molar-refractivity contribution in [1.82, 2.24) is 9.62 Å². The zero-order chi connectivity index (χ0) is 17.7. The largest absolute Gasteiger partial charge is 0.379 e. The molecule has 8 heteroatoms. The minimum atomic E-state index is -3.64. The van der Waals surface area contributed by atoms with Crippen molar-refractivity contribution < 1.29 is 17.9 Å². The van der Waals surface area contributed by atoms with E-state index in [1.807, 2.05) is 0 Å². The predicted molar refractivity (Wildman–Crippen MR) is 97.4 cm³/mol. The van der Waals surface area contributed by atoms with Gasteiger partial charge in [0.15, 0.2) is 0 Å². The number of carbonyl (C=O) groups excluding carboxylic acids is 1. The molecule has 1 saturated heterocycles. The van der Waals surface area contributed by atoms with Crippen molar-refractivity contribution in [3.05, 3.63) is 16.3 Å². The van der Waals surface area contributed by atoms with Crippen molar-refractivity contribution >= 4 is 27.3 Å². The van der Waals surface area contributed by atoms with Crippen molar-refractivity contribution in [1.29, 1.82) is 0 Å². The van der Waals surface area contributed by atoms with Crippen LogP contribution in [0.1, 0.15) is 48.2 Å². The molecule has 1 saturated carbocycles. The number of thiophene rings is 1. The molecule has 6 nitrogen and oxygen atoms in total. The highest BCUT2D eigenvalue weighted by Gasteiger charge is 2.31. The van der Waals surface area contributed by atoms with Crippen LogP contribution in [0.25, 0.3) is 0 Å². The molecule has 2 aliphatic rings. The Hall–Kier alpha value is -0.960. The summed E-state index contributed by atoms with van der Waals surface area (Å²) in [6.07, 6.45) is 7.36. The Kier molecular flexibility index (Phi) is 6.49. The molecule has 2 heterocycles. The maximum Gasteiger partial charge on any atom is 0.262 e. The molecular formula is C17H26N2O4S2. The van der Waals surface area contributed by atoms with Crippen LogP contribution in [-0.4, -0.2) is 51.5 Å². The van der Waals surface area contributed by atoms with Gasteiger partial charge in [-0.1, -0.05) is 25.7 Å². The summed E-state index contributed by atoms with van der Waals surface area (Å²) in [6.45, 7) is 2.06. The number of hydrogen-bond acceptors (Lipinski definition) is 5. The Bertz CT molecular complexity index is 675. The van der Waals surface area contributed by atoms with Gasteiger partial charge in [0.2, 0.25) is 10.0 Å². The quantitative estimate of drug-likeness (QED) is 0.731. The second-order valence-electron chi connectivity index (χ2n) is 6.68. The first-order valence-corrected chi connectivity index (χ1v) is 11.3. The molecule has 1 N–H and O–H groups in total. The van der Waals surface area contributed by atoms with E-state index < -0.39 is 10.0 Å². The summed E-state index contributed by atoms with van der Waals surface area (Å²) in [4.78, 5) is 12.8. The zero-order valence-corrected chi connectivity index (χ0v) is 16.0. The van der Waals surface area contributed by atoms with Crippen molar-refractivity contribution in [3.63, 3.8) is 0 Å². The van der Waals surface area contributed by atoms with E-state index in [1.54, 1.807) is 5.38 Å². The number of sulfonamides is 1. The van der Waals surface area contributed by atoms with Gasteiger partial charge in [-0.05, 0) is 30.2 Å². The lowest BCUT2D eigenvalue weighted by Gasteiger charge is -2.26. The SMILES string of the molecule is O=C(NCCCC1CCCC1)c1sccc1S(=O)(=O)N1CCOCC1. The topological polar surface area (TPSA) is 75.7 Å². The molecule has 1 amide bonds. The first-order valence-electron chi connectivity index (χ1n) is 9.02. The Morgan fingerprint density at radius 2 is 2.00 bits per heavy atom. The van der Waals surface area contributed by atoms with Gasteiger partial charge < -0.3 is 10.1 Å². The summed E-state index contributed by atoms with van der Waals surface area (Å²) in [5, 5.41) is 4.56. The molecule has 0 aromatic carbocycles. The summed E-state index contributed by atoms with van der Waals surface area (Å²) in [7, 11) is -3.64. The lowest BCUT2D eigenvalue weighted by molar-refractivity contribution is 0.0730. The van der Waals surface area contributed by atoms with Crippen LogP contribution in [0.5, 0.6) is 0 Å². The van der Waals surface area contributed by atoms with Crippen LogP contribution in [0.3, 0.4) is 0 Å². The number of ether oxygens (including phenoxy) is 1. The number of carbonyl (C=O) groups is 1.